The first-order chi connectivity index (χ1) is 15.7. The third-order valence-electron chi connectivity index (χ3n) is 6.20. The molecule has 3 heterocycles. The van der Waals surface area contributed by atoms with E-state index < -0.39 is 0 Å². The van der Waals surface area contributed by atoms with Crippen LogP contribution in [0, 0.1) is 0 Å². The van der Waals surface area contributed by atoms with E-state index in [1.54, 1.807) is 0 Å². The molecule has 0 amide bonds. The molecule has 166 valence electrons. The normalized spacial score (nSPS) is 16.5. The molecule has 0 bridgehead atoms. The Balaban J connectivity index is 1.05. The molecule has 6 nitrogen and oxygen atoms in total. The highest BCUT2D eigenvalue weighted by Gasteiger charge is 2.26. The third kappa shape index (κ3) is 4.69. The van der Waals surface area contributed by atoms with Crippen LogP contribution in [0.25, 0.3) is 10.9 Å². The predicted octanol–water partition coefficient (Wildman–Crippen LogP) is 3.68. The van der Waals surface area contributed by atoms with Crippen molar-refractivity contribution in [3.63, 3.8) is 0 Å². The molecule has 0 aliphatic carbocycles. The van der Waals surface area contributed by atoms with Crippen molar-refractivity contribution in [2.24, 2.45) is 0 Å². The molecule has 3 aromatic rings. The number of pyridine rings is 1. The summed E-state index contributed by atoms with van der Waals surface area (Å²) < 4.78 is 5.89. The number of hydrogen-bond acceptors (Lipinski definition) is 6. The largest absolute Gasteiger partial charge is 0.494 e. The van der Waals surface area contributed by atoms with Crippen molar-refractivity contribution in [2.75, 3.05) is 44.2 Å². The molecule has 2 aromatic carbocycles. The lowest BCUT2D eigenvalue weighted by atomic mass is 10.1. The van der Waals surface area contributed by atoms with E-state index in [0.717, 1.165) is 67.1 Å². The monoisotopic (exact) mass is 449 g/mol. The number of fused-ring (bicyclic) bond motifs is 2. The molecule has 1 fully saturated rings. The number of anilines is 1. The summed E-state index contributed by atoms with van der Waals surface area (Å²) in [6.07, 6.45) is 2.65. The molecule has 32 heavy (non-hydrogen) atoms. The number of nitrogens with one attached hydrogen (secondary N) is 1. The third-order valence-corrected chi connectivity index (χ3v) is 7.17. The zero-order valence-corrected chi connectivity index (χ0v) is 18.8. The van der Waals surface area contributed by atoms with Crippen molar-refractivity contribution in [1.82, 2.24) is 9.88 Å². The van der Waals surface area contributed by atoms with Gasteiger partial charge in [-0.25, -0.2) is 0 Å². The number of piperazine rings is 1. The lowest BCUT2D eigenvalue weighted by Gasteiger charge is -2.37. The number of unbranched alkanes of at least 4 members (excludes halogenated alkanes) is 1. The van der Waals surface area contributed by atoms with Crippen LogP contribution in [0.2, 0.25) is 0 Å². The molecule has 1 N–H and O–H groups in total. The van der Waals surface area contributed by atoms with Gasteiger partial charge in [0.1, 0.15) is 5.75 Å². The van der Waals surface area contributed by atoms with Crippen LogP contribution in [-0.4, -0.2) is 54.3 Å². The minimum atomic E-state index is -0.0984. The van der Waals surface area contributed by atoms with Gasteiger partial charge in [0.05, 0.1) is 12.1 Å². The van der Waals surface area contributed by atoms with E-state index in [9.17, 15) is 9.59 Å². The standard InChI is InChI=1S/C25H27N3O3S/c29-24-9-7-18-6-8-19(16-21(18)26-24)31-15-2-1-10-27-11-13-28(14-12-27)22-4-3-5-23-20(22)17-25(30)32-23/h3-9,16H,1-2,10-15,17H2,(H,26,29). The van der Waals surface area contributed by atoms with Gasteiger partial charge in [-0.15, -0.1) is 0 Å². The lowest BCUT2D eigenvalue weighted by molar-refractivity contribution is -0.110. The number of carbonyl (C=O) groups excluding carboxylic acids is 1. The average molecular weight is 450 g/mol. The second kappa shape index (κ2) is 9.38. The van der Waals surface area contributed by atoms with Crippen LogP contribution in [0.1, 0.15) is 18.4 Å². The molecule has 1 aromatic heterocycles. The minimum absolute atomic E-state index is 0.0984. The summed E-state index contributed by atoms with van der Waals surface area (Å²) >= 11 is 1.38. The fourth-order valence-electron chi connectivity index (χ4n) is 4.49. The van der Waals surface area contributed by atoms with E-state index in [0.29, 0.717) is 13.0 Å². The smallest absolute Gasteiger partial charge is 0.248 e. The zero-order chi connectivity index (χ0) is 21.9. The van der Waals surface area contributed by atoms with Gasteiger partial charge in [-0.05, 0) is 60.7 Å². The van der Waals surface area contributed by atoms with Gasteiger partial charge in [0.2, 0.25) is 5.56 Å². The first kappa shape index (κ1) is 21.1. The highest BCUT2D eigenvalue weighted by Crippen LogP contribution is 2.38. The van der Waals surface area contributed by atoms with Gasteiger partial charge in [-0.1, -0.05) is 17.8 Å². The van der Waals surface area contributed by atoms with Crippen molar-refractivity contribution >= 4 is 33.5 Å². The molecular weight excluding hydrogens is 422 g/mol. The summed E-state index contributed by atoms with van der Waals surface area (Å²) in [4.78, 5) is 32.2. The average Bonchev–Trinajstić information content (AvgIpc) is 3.19. The highest BCUT2D eigenvalue weighted by atomic mass is 32.2. The van der Waals surface area contributed by atoms with Crippen molar-refractivity contribution < 1.29 is 9.53 Å². The fraction of sp³-hybridized carbons (Fsp3) is 0.360. The van der Waals surface area contributed by atoms with E-state index in [-0.39, 0.29) is 10.7 Å². The Labute approximate surface area is 191 Å². The molecule has 0 spiro atoms. The van der Waals surface area contributed by atoms with Gasteiger partial charge in [0.15, 0.2) is 5.12 Å². The number of H-pyrrole nitrogens is 1. The fourth-order valence-corrected chi connectivity index (χ4v) is 5.39. The number of carbonyl (C=O) groups is 1. The van der Waals surface area contributed by atoms with Crippen LogP contribution in [0.15, 0.2) is 58.2 Å². The van der Waals surface area contributed by atoms with Gasteiger partial charge in [0.25, 0.3) is 0 Å². The molecule has 5 rings (SSSR count). The quantitative estimate of drug-likeness (QED) is 0.555. The summed E-state index contributed by atoms with van der Waals surface area (Å²) in [6, 6.07) is 15.5. The second-order valence-corrected chi connectivity index (χ2v) is 9.46. The van der Waals surface area contributed by atoms with Gasteiger partial charge in [-0.3, -0.25) is 14.5 Å². The van der Waals surface area contributed by atoms with Gasteiger partial charge >= 0.3 is 0 Å². The minimum Gasteiger partial charge on any atom is -0.494 e. The maximum atomic E-state index is 11.8. The second-order valence-electron chi connectivity index (χ2n) is 8.36. The SMILES string of the molecule is O=C1Cc2c(cccc2N2CCN(CCCCOc3ccc4ccc(=O)[nH]c4c3)CC2)S1. The van der Waals surface area contributed by atoms with Crippen LogP contribution in [-0.2, 0) is 11.2 Å². The van der Waals surface area contributed by atoms with Crippen LogP contribution in [0.4, 0.5) is 5.69 Å². The Morgan fingerprint density at radius 1 is 0.969 bits per heavy atom. The molecule has 2 aliphatic rings. The first-order valence-corrected chi connectivity index (χ1v) is 12.0. The van der Waals surface area contributed by atoms with Gasteiger partial charge in [-0.2, -0.15) is 0 Å². The Hall–Kier alpha value is -2.77. The Morgan fingerprint density at radius 3 is 2.69 bits per heavy atom. The predicted molar refractivity (Wildman–Crippen MR) is 129 cm³/mol. The lowest BCUT2D eigenvalue weighted by Crippen LogP contribution is -2.47. The maximum absolute atomic E-state index is 11.8. The summed E-state index contributed by atoms with van der Waals surface area (Å²) in [5, 5.41) is 1.26. The van der Waals surface area contributed by atoms with Crippen molar-refractivity contribution in [2.45, 2.75) is 24.2 Å². The van der Waals surface area contributed by atoms with Gasteiger partial charge < -0.3 is 14.6 Å². The highest BCUT2D eigenvalue weighted by molar-refractivity contribution is 8.14. The van der Waals surface area contributed by atoms with Crippen LogP contribution in [0.5, 0.6) is 5.75 Å². The van der Waals surface area contributed by atoms with Crippen molar-refractivity contribution in [3.05, 3.63) is 64.4 Å². The Morgan fingerprint density at radius 2 is 1.81 bits per heavy atom. The first-order valence-electron chi connectivity index (χ1n) is 11.2. The molecule has 2 aliphatic heterocycles. The topological polar surface area (TPSA) is 65.6 Å². The van der Waals surface area contributed by atoms with Gasteiger partial charge in [0, 0.05) is 55.3 Å². The van der Waals surface area contributed by atoms with E-state index >= 15 is 0 Å². The van der Waals surface area contributed by atoms with Crippen molar-refractivity contribution in [3.8, 4) is 5.75 Å². The molecule has 0 atom stereocenters. The number of aromatic amines is 1. The maximum Gasteiger partial charge on any atom is 0.248 e. The summed E-state index contributed by atoms with van der Waals surface area (Å²) in [7, 11) is 0. The van der Waals surface area contributed by atoms with Crippen molar-refractivity contribution in [1.29, 1.82) is 0 Å². The summed E-state index contributed by atoms with van der Waals surface area (Å²) in [6.45, 7) is 5.84. The summed E-state index contributed by atoms with van der Waals surface area (Å²) in [5.41, 5.74) is 3.16. The molecule has 0 unspecified atom stereocenters. The Kier molecular flexibility index (Phi) is 6.19. The summed E-state index contributed by atoms with van der Waals surface area (Å²) in [5.74, 6) is 0.792. The van der Waals surface area contributed by atoms with E-state index in [4.69, 9.17) is 4.74 Å². The number of nitrogens with zero attached hydrogens (tertiary/aromatic N) is 2. The molecule has 0 radical (unpaired) electrons. The molecule has 0 saturated carbocycles. The molecular formula is C25H27N3O3S. The Bertz CT molecular complexity index is 1180. The van der Waals surface area contributed by atoms with E-state index in [1.165, 1.54) is 29.1 Å². The van der Waals surface area contributed by atoms with Crippen LogP contribution < -0.4 is 15.2 Å². The number of thioether (sulfide) groups is 1. The van der Waals surface area contributed by atoms with E-state index in [1.807, 2.05) is 24.3 Å². The number of ether oxygens (including phenoxy) is 1. The number of aromatic nitrogens is 1. The van der Waals surface area contributed by atoms with E-state index in [2.05, 4.69) is 33.0 Å². The zero-order valence-electron chi connectivity index (χ0n) is 18.0. The van der Waals surface area contributed by atoms with Crippen LogP contribution >= 0.6 is 11.8 Å². The molecule has 7 heteroatoms. The number of rotatable bonds is 7. The number of hydrogen-bond donors (Lipinski definition) is 1. The molecule has 1 saturated heterocycles. The van der Waals surface area contributed by atoms with Crippen LogP contribution in [0.3, 0.4) is 0 Å². The number of benzene rings is 2.